The maximum absolute atomic E-state index is 13.3. The molecule has 0 spiro atoms. The Morgan fingerprint density at radius 1 is 0.821 bits per heavy atom. The molecule has 1 fully saturated rings. The third-order valence-corrected chi connectivity index (χ3v) is 6.46. The Labute approximate surface area is 229 Å². The van der Waals surface area contributed by atoms with E-state index in [9.17, 15) is 39.0 Å². The first-order valence-corrected chi connectivity index (χ1v) is 13.5. The molecule has 39 heavy (non-hydrogen) atoms. The number of carboxylic acid groups (broad SMARTS) is 2. The number of carbonyl (C=O) groups excluding carboxylic acids is 4. The summed E-state index contributed by atoms with van der Waals surface area (Å²) in [7, 11) is 0. The van der Waals surface area contributed by atoms with Crippen LogP contribution >= 0.6 is 0 Å². The van der Waals surface area contributed by atoms with Gasteiger partial charge in [0.2, 0.25) is 23.6 Å². The van der Waals surface area contributed by atoms with Crippen molar-refractivity contribution in [2.75, 3.05) is 6.54 Å². The maximum Gasteiger partial charge on any atom is 0.326 e. The second kappa shape index (κ2) is 15.4. The molecule has 1 rings (SSSR count). The molecule has 0 aromatic carbocycles. The number of nitrogens with two attached hydrogens (primary N) is 1. The molecular formula is C26H45N5O8. The van der Waals surface area contributed by atoms with Crippen molar-refractivity contribution in [3.8, 4) is 0 Å². The molecule has 4 amide bonds. The second-order valence-corrected chi connectivity index (χ2v) is 11.3. The van der Waals surface area contributed by atoms with Crippen molar-refractivity contribution >= 4 is 35.6 Å². The molecule has 13 nitrogen and oxygen atoms in total. The van der Waals surface area contributed by atoms with Crippen LogP contribution in [0.5, 0.6) is 0 Å². The van der Waals surface area contributed by atoms with Crippen molar-refractivity contribution in [1.29, 1.82) is 0 Å². The van der Waals surface area contributed by atoms with Crippen LogP contribution in [0, 0.1) is 17.8 Å². The standard InChI is InChI=1S/C26H45N5O8/c1-13(2)10-16(27)22(34)30-21(15(5)6)24(36)28-17(11-14(3)4)23(35)29-18(12-20(32)33)25(37)31-9-7-8-19(31)26(38)39/h13-19,21H,7-12,27H2,1-6H3,(H,28,36)(H,29,35)(H,30,34)(H,32,33)(H,38,39)/t16-,17-,18-,19-,21-/m0/s1. The Bertz CT molecular complexity index is 907. The van der Waals surface area contributed by atoms with Gasteiger partial charge < -0.3 is 36.8 Å². The van der Waals surface area contributed by atoms with Crippen LogP contribution in [0.4, 0.5) is 0 Å². The Kier molecular flexibility index (Phi) is 13.3. The number of carboxylic acids is 2. The molecule has 222 valence electrons. The highest BCUT2D eigenvalue weighted by molar-refractivity contribution is 5.96. The van der Waals surface area contributed by atoms with Gasteiger partial charge in [0.1, 0.15) is 24.2 Å². The van der Waals surface area contributed by atoms with Crippen LogP contribution in [0.15, 0.2) is 0 Å². The molecule has 1 aliphatic heterocycles. The first kappa shape index (κ1) is 33.8. The fraction of sp³-hybridized carbons (Fsp3) is 0.769. The lowest BCUT2D eigenvalue weighted by molar-refractivity contribution is -0.150. The first-order valence-electron chi connectivity index (χ1n) is 13.5. The molecule has 0 unspecified atom stereocenters. The number of nitrogens with zero attached hydrogens (tertiary/aromatic N) is 1. The Morgan fingerprint density at radius 3 is 1.87 bits per heavy atom. The second-order valence-electron chi connectivity index (χ2n) is 11.3. The zero-order valence-electron chi connectivity index (χ0n) is 23.7. The average molecular weight is 556 g/mol. The van der Waals surface area contributed by atoms with Crippen LogP contribution < -0.4 is 21.7 Å². The van der Waals surface area contributed by atoms with E-state index in [1.54, 1.807) is 13.8 Å². The Morgan fingerprint density at radius 2 is 1.38 bits per heavy atom. The van der Waals surface area contributed by atoms with E-state index >= 15 is 0 Å². The van der Waals surface area contributed by atoms with E-state index in [0.29, 0.717) is 12.8 Å². The lowest BCUT2D eigenvalue weighted by Crippen LogP contribution is -2.59. The molecule has 0 aliphatic carbocycles. The number of hydrogen-bond donors (Lipinski definition) is 6. The molecule has 0 bridgehead atoms. The highest BCUT2D eigenvalue weighted by Crippen LogP contribution is 2.19. The van der Waals surface area contributed by atoms with Crippen LogP contribution in [-0.2, 0) is 28.8 Å². The summed E-state index contributed by atoms with van der Waals surface area (Å²) in [5.41, 5.74) is 5.96. The number of amides is 4. The quantitative estimate of drug-likeness (QED) is 0.161. The van der Waals surface area contributed by atoms with Gasteiger partial charge in [-0.2, -0.15) is 0 Å². The van der Waals surface area contributed by atoms with Crippen LogP contribution in [-0.4, -0.2) is 87.4 Å². The average Bonchev–Trinajstić information content (AvgIpc) is 3.30. The minimum absolute atomic E-state index is 0.0730. The molecule has 1 saturated heterocycles. The number of likely N-dealkylation sites (tertiary alicyclic amines) is 1. The van der Waals surface area contributed by atoms with Crippen molar-refractivity contribution in [3.63, 3.8) is 0 Å². The number of carbonyl (C=O) groups is 6. The van der Waals surface area contributed by atoms with Gasteiger partial charge in [0, 0.05) is 6.54 Å². The summed E-state index contributed by atoms with van der Waals surface area (Å²) in [6.45, 7) is 11.1. The van der Waals surface area contributed by atoms with Crippen molar-refractivity contribution in [2.24, 2.45) is 23.5 Å². The lowest BCUT2D eigenvalue weighted by atomic mass is 9.98. The van der Waals surface area contributed by atoms with E-state index in [0.717, 1.165) is 4.90 Å². The van der Waals surface area contributed by atoms with Crippen molar-refractivity contribution < 1.29 is 39.0 Å². The van der Waals surface area contributed by atoms with Gasteiger partial charge in [-0.1, -0.05) is 41.5 Å². The Hall–Kier alpha value is -3.22. The highest BCUT2D eigenvalue weighted by atomic mass is 16.4. The molecule has 0 aromatic heterocycles. The van der Waals surface area contributed by atoms with E-state index in [1.165, 1.54) is 0 Å². The summed E-state index contributed by atoms with van der Waals surface area (Å²) in [5.74, 6) is -5.52. The largest absolute Gasteiger partial charge is 0.481 e. The zero-order valence-corrected chi connectivity index (χ0v) is 23.7. The van der Waals surface area contributed by atoms with E-state index in [2.05, 4.69) is 16.0 Å². The van der Waals surface area contributed by atoms with Crippen molar-refractivity contribution in [2.45, 2.75) is 104 Å². The fourth-order valence-corrected chi connectivity index (χ4v) is 4.51. The molecule has 13 heteroatoms. The summed E-state index contributed by atoms with van der Waals surface area (Å²) in [6.07, 6.45) is 0.498. The van der Waals surface area contributed by atoms with E-state index in [-0.39, 0.29) is 37.1 Å². The maximum atomic E-state index is 13.3. The van der Waals surface area contributed by atoms with Gasteiger partial charge in [0.25, 0.3) is 0 Å². The summed E-state index contributed by atoms with van der Waals surface area (Å²) in [6, 6.07) is -5.56. The van der Waals surface area contributed by atoms with Gasteiger partial charge in [-0.3, -0.25) is 24.0 Å². The van der Waals surface area contributed by atoms with Gasteiger partial charge >= 0.3 is 11.9 Å². The fourth-order valence-electron chi connectivity index (χ4n) is 4.51. The van der Waals surface area contributed by atoms with Crippen LogP contribution in [0.2, 0.25) is 0 Å². The van der Waals surface area contributed by atoms with Crippen LogP contribution in [0.1, 0.15) is 73.6 Å². The van der Waals surface area contributed by atoms with Gasteiger partial charge in [0.05, 0.1) is 12.5 Å². The van der Waals surface area contributed by atoms with Gasteiger partial charge in [-0.05, 0) is 43.4 Å². The number of nitrogens with one attached hydrogen (secondary N) is 3. The SMILES string of the molecule is CC(C)C[C@H](NC(=O)[C@@H](NC(=O)[C@@H](N)CC(C)C)C(C)C)C(=O)N[C@@H](CC(=O)O)C(=O)N1CCC[C@H]1C(=O)O. The summed E-state index contributed by atoms with van der Waals surface area (Å²) in [5, 5.41) is 26.5. The highest BCUT2D eigenvalue weighted by Gasteiger charge is 2.39. The number of aliphatic carboxylic acids is 2. The van der Waals surface area contributed by atoms with Crippen LogP contribution in [0.25, 0.3) is 0 Å². The molecule has 0 aromatic rings. The molecule has 0 saturated carbocycles. The normalized spacial score (nSPS) is 18.4. The molecule has 0 radical (unpaired) electrons. The third kappa shape index (κ3) is 10.8. The Balaban J connectivity index is 3.10. The van der Waals surface area contributed by atoms with Gasteiger partial charge in [0.15, 0.2) is 0 Å². The number of rotatable bonds is 15. The topological polar surface area (TPSA) is 208 Å². The van der Waals surface area contributed by atoms with Crippen molar-refractivity contribution in [3.05, 3.63) is 0 Å². The smallest absolute Gasteiger partial charge is 0.326 e. The van der Waals surface area contributed by atoms with Crippen molar-refractivity contribution in [1.82, 2.24) is 20.9 Å². The van der Waals surface area contributed by atoms with E-state index < -0.39 is 72.2 Å². The van der Waals surface area contributed by atoms with Gasteiger partial charge in [-0.15, -0.1) is 0 Å². The molecule has 7 N–H and O–H groups in total. The summed E-state index contributed by atoms with van der Waals surface area (Å²) in [4.78, 5) is 76.2. The van der Waals surface area contributed by atoms with Gasteiger partial charge in [-0.25, -0.2) is 4.79 Å². The van der Waals surface area contributed by atoms with Crippen LogP contribution in [0.3, 0.4) is 0 Å². The molecule has 1 aliphatic rings. The third-order valence-electron chi connectivity index (χ3n) is 6.46. The summed E-state index contributed by atoms with van der Waals surface area (Å²) < 4.78 is 0. The predicted molar refractivity (Wildman–Crippen MR) is 142 cm³/mol. The monoisotopic (exact) mass is 555 g/mol. The summed E-state index contributed by atoms with van der Waals surface area (Å²) >= 11 is 0. The minimum Gasteiger partial charge on any atom is -0.481 e. The number of hydrogen-bond acceptors (Lipinski definition) is 7. The molecule has 5 atom stereocenters. The lowest BCUT2D eigenvalue weighted by Gasteiger charge is -2.29. The zero-order chi connectivity index (χ0) is 30.0. The van der Waals surface area contributed by atoms with E-state index in [1.807, 2.05) is 27.7 Å². The molecular weight excluding hydrogens is 510 g/mol. The molecule has 1 heterocycles. The van der Waals surface area contributed by atoms with E-state index in [4.69, 9.17) is 5.73 Å². The predicted octanol–water partition coefficient (Wildman–Crippen LogP) is 0.0666. The first-order chi connectivity index (χ1) is 18.0. The minimum atomic E-state index is -1.52.